The van der Waals surface area contributed by atoms with Crippen molar-refractivity contribution in [3.8, 4) is 17.6 Å². The van der Waals surface area contributed by atoms with Gasteiger partial charge < -0.3 is 15.5 Å². The number of urea groups is 1. The summed E-state index contributed by atoms with van der Waals surface area (Å²) in [7, 11) is 1.49. The van der Waals surface area contributed by atoms with Gasteiger partial charge in [0.25, 0.3) is 5.91 Å². The average molecular weight is 521 g/mol. The van der Waals surface area contributed by atoms with Crippen LogP contribution >= 0.6 is 0 Å². The number of nitrogens with zero attached hydrogens (tertiary/aromatic N) is 10. The number of benzene rings is 1. The Kier molecular flexibility index (Phi) is 6.37. The number of hydrogen-bond donors (Lipinski definition) is 1. The van der Waals surface area contributed by atoms with Crippen LogP contribution in [0.3, 0.4) is 0 Å². The van der Waals surface area contributed by atoms with Gasteiger partial charge in [-0.15, -0.1) is 5.10 Å². The summed E-state index contributed by atoms with van der Waals surface area (Å²) >= 11 is 0. The molecule has 2 aliphatic rings. The number of nitriles is 1. The number of piperazine rings is 1. The van der Waals surface area contributed by atoms with Crippen LogP contribution < -0.4 is 10.6 Å². The van der Waals surface area contributed by atoms with Gasteiger partial charge >= 0.3 is 6.03 Å². The lowest BCUT2D eigenvalue weighted by Gasteiger charge is -2.37. The molecule has 3 aromatic rings. The predicted molar refractivity (Wildman–Crippen MR) is 128 cm³/mol. The molecule has 3 amide bonds. The zero-order valence-electron chi connectivity index (χ0n) is 20.1. The lowest BCUT2D eigenvalue weighted by Crippen LogP contribution is -2.52. The molecule has 15 heteroatoms. The lowest BCUT2D eigenvalue weighted by molar-refractivity contribution is 0.0990. The molecule has 13 nitrogen and oxygen atoms in total. The monoisotopic (exact) mass is 521 g/mol. The van der Waals surface area contributed by atoms with Gasteiger partial charge in [-0.2, -0.15) is 10.4 Å². The molecule has 2 aromatic heterocycles. The standard InChI is InChI=1S/C23H21F2N11O2/c1-33-21(31-20(32-33)19(27)37)18-16(25)12-28-22(30-18)34-4-6-35(7-5-34)23(38)36-17(2-3-29-36)14-8-13(11-26)9-15(24)10-14/h3,8-10,12,17H,2,4-7H2,1H3,(H2,27,37). The number of anilines is 1. The first-order valence-electron chi connectivity index (χ1n) is 11.5. The molecule has 2 N–H and O–H groups in total. The number of rotatable bonds is 4. The van der Waals surface area contributed by atoms with E-state index in [4.69, 9.17) is 11.0 Å². The third kappa shape index (κ3) is 4.59. The van der Waals surface area contributed by atoms with Crippen molar-refractivity contribution in [2.75, 3.05) is 31.1 Å². The fraction of sp³-hybridized carbons (Fsp3) is 0.304. The van der Waals surface area contributed by atoms with Gasteiger partial charge in [0.1, 0.15) is 11.5 Å². The average Bonchev–Trinajstić information content (AvgIpc) is 3.55. The quantitative estimate of drug-likeness (QED) is 0.535. The van der Waals surface area contributed by atoms with Gasteiger partial charge in [-0.05, 0) is 23.8 Å². The molecule has 0 aliphatic carbocycles. The van der Waals surface area contributed by atoms with E-state index in [1.807, 2.05) is 6.07 Å². The molecule has 1 aromatic carbocycles. The van der Waals surface area contributed by atoms with Crippen molar-refractivity contribution in [2.24, 2.45) is 17.9 Å². The molecule has 1 fully saturated rings. The van der Waals surface area contributed by atoms with E-state index in [1.165, 1.54) is 22.8 Å². The van der Waals surface area contributed by atoms with Gasteiger partial charge in [0.15, 0.2) is 11.6 Å². The Morgan fingerprint density at radius 3 is 2.58 bits per heavy atom. The van der Waals surface area contributed by atoms with Crippen molar-refractivity contribution in [2.45, 2.75) is 12.5 Å². The molecular formula is C23H21F2N11O2. The Morgan fingerprint density at radius 2 is 1.89 bits per heavy atom. The van der Waals surface area contributed by atoms with E-state index in [0.29, 0.717) is 38.2 Å². The predicted octanol–water partition coefficient (Wildman–Crippen LogP) is 1.20. The molecule has 0 radical (unpaired) electrons. The van der Waals surface area contributed by atoms with E-state index in [0.717, 1.165) is 12.3 Å². The normalized spacial score (nSPS) is 17.1. The second kappa shape index (κ2) is 9.81. The molecule has 0 saturated carbocycles. The summed E-state index contributed by atoms with van der Waals surface area (Å²) in [5.74, 6) is -2.18. The Balaban J connectivity index is 1.29. The van der Waals surface area contributed by atoms with Crippen LogP contribution in [0.2, 0.25) is 0 Å². The van der Waals surface area contributed by atoms with Crippen LogP contribution in [0.25, 0.3) is 11.5 Å². The summed E-state index contributed by atoms with van der Waals surface area (Å²) in [6.07, 6.45) is 2.98. The zero-order chi connectivity index (χ0) is 27.0. The van der Waals surface area contributed by atoms with Gasteiger partial charge in [0.2, 0.25) is 11.8 Å². The van der Waals surface area contributed by atoms with Crippen LogP contribution in [0, 0.1) is 23.0 Å². The van der Waals surface area contributed by atoms with Gasteiger partial charge in [0, 0.05) is 45.9 Å². The van der Waals surface area contributed by atoms with Crippen molar-refractivity contribution in [3.05, 3.63) is 53.0 Å². The Bertz CT molecular complexity index is 1490. The fourth-order valence-electron chi connectivity index (χ4n) is 4.35. The van der Waals surface area contributed by atoms with Crippen LogP contribution in [-0.4, -0.2) is 79.0 Å². The smallest absolute Gasteiger partial charge is 0.341 e. The lowest BCUT2D eigenvalue weighted by atomic mass is 10.0. The Morgan fingerprint density at radius 1 is 1.13 bits per heavy atom. The number of aryl methyl sites for hydroxylation is 1. The van der Waals surface area contributed by atoms with E-state index in [1.54, 1.807) is 22.1 Å². The molecule has 2 aliphatic heterocycles. The minimum atomic E-state index is -0.852. The first-order valence-corrected chi connectivity index (χ1v) is 11.5. The number of carbonyl (C=O) groups is 2. The van der Waals surface area contributed by atoms with Gasteiger partial charge in [-0.25, -0.2) is 38.2 Å². The van der Waals surface area contributed by atoms with E-state index in [9.17, 15) is 18.4 Å². The van der Waals surface area contributed by atoms with Gasteiger partial charge in [-0.1, -0.05) is 0 Å². The van der Waals surface area contributed by atoms with Crippen molar-refractivity contribution in [1.82, 2.24) is 34.6 Å². The highest BCUT2D eigenvalue weighted by Gasteiger charge is 2.34. The maximum atomic E-state index is 14.5. The summed E-state index contributed by atoms with van der Waals surface area (Å²) < 4.78 is 29.8. The molecule has 1 unspecified atom stereocenters. The van der Waals surface area contributed by atoms with Crippen LogP contribution in [0.5, 0.6) is 0 Å². The molecule has 38 heavy (non-hydrogen) atoms. The molecule has 1 saturated heterocycles. The van der Waals surface area contributed by atoms with E-state index in [2.05, 4.69) is 25.2 Å². The topological polar surface area (TPSA) is 163 Å². The summed E-state index contributed by atoms with van der Waals surface area (Å²) in [4.78, 5) is 40.4. The molecule has 0 bridgehead atoms. The number of aromatic nitrogens is 5. The number of hydrogen-bond acceptors (Lipinski definition) is 9. The second-order valence-electron chi connectivity index (χ2n) is 8.65. The van der Waals surface area contributed by atoms with Crippen molar-refractivity contribution in [1.29, 1.82) is 5.26 Å². The van der Waals surface area contributed by atoms with E-state index in [-0.39, 0.29) is 34.9 Å². The summed E-state index contributed by atoms with van der Waals surface area (Å²) in [5.41, 5.74) is 5.73. The minimum Gasteiger partial charge on any atom is -0.363 e. The largest absolute Gasteiger partial charge is 0.363 e. The highest BCUT2D eigenvalue weighted by molar-refractivity contribution is 5.89. The zero-order valence-corrected chi connectivity index (χ0v) is 20.1. The summed E-state index contributed by atoms with van der Waals surface area (Å²) in [6.45, 7) is 1.30. The molecule has 0 spiro atoms. The van der Waals surface area contributed by atoms with Crippen LogP contribution in [0.4, 0.5) is 19.5 Å². The minimum absolute atomic E-state index is 0.0172. The maximum Gasteiger partial charge on any atom is 0.341 e. The Labute approximate surface area is 214 Å². The van der Waals surface area contributed by atoms with Gasteiger partial charge in [0.05, 0.1) is 23.9 Å². The molecule has 194 valence electrons. The molecule has 4 heterocycles. The molecule has 1 atom stereocenters. The van der Waals surface area contributed by atoms with Crippen LogP contribution in [-0.2, 0) is 7.05 Å². The molecular weight excluding hydrogens is 500 g/mol. The van der Waals surface area contributed by atoms with Crippen molar-refractivity contribution in [3.63, 3.8) is 0 Å². The number of amides is 3. The number of halogens is 2. The van der Waals surface area contributed by atoms with E-state index >= 15 is 0 Å². The number of hydrazone groups is 1. The molecule has 5 rings (SSSR count). The van der Waals surface area contributed by atoms with E-state index < -0.39 is 23.6 Å². The second-order valence-corrected chi connectivity index (χ2v) is 8.65. The summed E-state index contributed by atoms with van der Waals surface area (Å²) in [6, 6.07) is 5.02. The van der Waals surface area contributed by atoms with Crippen LogP contribution in [0.1, 0.15) is 34.2 Å². The SMILES string of the molecule is Cn1nc(C(N)=O)nc1-c1nc(N2CCN(C(=O)N3N=CCC3c3cc(F)cc(C#N)c3)CC2)ncc1F. The maximum absolute atomic E-state index is 14.5. The summed E-state index contributed by atoms with van der Waals surface area (Å²) in [5, 5.41) is 18.5. The highest BCUT2D eigenvalue weighted by Crippen LogP contribution is 2.31. The number of nitrogens with two attached hydrogens (primary N) is 1. The number of primary amides is 1. The first-order chi connectivity index (χ1) is 18.2. The Hall–Kier alpha value is -5.00. The van der Waals surface area contributed by atoms with Crippen molar-refractivity contribution < 1.29 is 18.4 Å². The fourth-order valence-corrected chi connectivity index (χ4v) is 4.35. The van der Waals surface area contributed by atoms with Crippen molar-refractivity contribution >= 4 is 24.1 Å². The third-order valence-electron chi connectivity index (χ3n) is 6.22. The third-order valence-corrected chi connectivity index (χ3v) is 6.22. The van der Waals surface area contributed by atoms with Gasteiger partial charge in [-0.3, -0.25) is 4.79 Å². The highest BCUT2D eigenvalue weighted by atomic mass is 19.1. The first kappa shape index (κ1) is 24.7. The number of carbonyl (C=O) groups excluding carboxylic acids is 2. The van der Waals surface area contributed by atoms with Crippen LogP contribution in [0.15, 0.2) is 29.5 Å².